The fourth-order valence-electron chi connectivity index (χ4n) is 3.39. The number of carboxylic acids is 1. The van der Waals surface area contributed by atoms with Crippen molar-refractivity contribution >= 4 is 17.1 Å². The van der Waals surface area contributed by atoms with Crippen molar-refractivity contribution in [2.24, 2.45) is 11.8 Å². The summed E-state index contributed by atoms with van der Waals surface area (Å²) in [6.07, 6.45) is 1.54. The van der Waals surface area contributed by atoms with Crippen LogP contribution in [0.2, 0.25) is 0 Å². The number of nitrogens with zero attached hydrogens (tertiary/aromatic N) is 1. The Morgan fingerprint density at radius 1 is 1.35 bits per heavy atom. The smallest absolute Gasteiger partial charge is 0.307 e. The van der Waals surface area contributed by atoms with Gasteiger partial charge in [-0.2, -0.15) is 0 Å². The number of aryl methyl sites for hydroxylation is 2. The molecule has 2 aromatic rings. The molecule has 0 saturated heterocycles. The molecule has 3 atom stereocenters. The average Bonchev–Trinajstić information content (AvgIpc) is 2.92. The van der Waals surface area contributed by atoms with Gasteiger partial charge in [-0.1, -0.05) is 13.0 Å². The highest BCUT2D eigenvalue weighted by atomic mass is 16.4. The lowest BCUT2D eigenvalue weighted by molar-refractivity contribution is -0.142. The molecule has 0 spiro atoms. The SMILES string of the molecule is Cc1cc(C)c2oc(C3CC(C)CC3C(=O)O)nc2c1. The van der Waals surface area contributed by atoms with Gasteiger partial charge in [0.2, 0.25) is 0 Å². The normalized spacial score (nSPS) is 26.2. The third kappa shape index (κ3) is 2.09. The second kappa shape index (κ2) is 4.62. The predicted molar refractivity (Wildman–Crippen MR) is 75.7 cm³/mol. The van der Waals surface area contributed by atoms with E-state index < -0.39 is 5.97 Å². The van der Waals surface area contributed by atoms with Gasteiger partial charge in [-0.15, -0.1) is 0 Å². The second-order valence-electron chi connectivity index (χ2n) is 6.11. The number of oxazole rings is 1. The molecular weight excluding hydrogens is 254 g/mol. The minimum Gasteiger partial charge on any atom is -0.481 e. The highest BCUT2D eigenvalue weighted by molar-refractivity contribution is 5.77. The van der Waals surface area contributed by atoms with Crippen LogP contribution >= 0.6 is 0 Å². The monoisotopic (exact) mass is 273 g/mol. The van der Waals surface area contributed by atoms with E-state index in [4.69, 9.17) is 4.42 Å². The molecule has 1 aliphatic carbocycles. The lowest BCUT2D eigenvalue weighted by Gasteiger charge is -2.10. The molecule has 4 nitrogen and oxygen atoms in total. The van der Waals surface area contributed by atoms with Crippen LogP contribution in [0.25, 0.3) is 11.1 Å². The number of hydrogen-bond donors (Lipinski definition) is 1. The van der Waals surface area contributed by atoms with E-state index in [1.165, 1.54) is 0 Å². The van der Waals surface area contributed by atoms with E-state index in [0.717, 1.165) is 28.6 Å². The zero-order chi connectivity index (χ0) is 14.4. The van der Waals surface area contributed by atoms with E-state index in [1.54, 1.807) is 0 Å². The van der Waals surface area contributed by atoms with Crippen LogP contribution in [-0.4, -0.2) is 16.1 Å². The molecule has 1 aliphatic rings. The summed E-state index contributed by atoms with van der Waals surface area (Å²) in [7, 11) is 0. The van der Waals surface area contributed by atoms with E-state index >= 15 is 0 Å². The number of benzene rings is 1. The molecule has 0 radical (unpaired) electrons. The highest BCUT2D eigenvalue weighted by Gasteiger charge is 2.40. The van der Waals surface area contributed by atoms with Gasteiger partial charge < -0.3 is 9.52 Å². The molecule has 1 fully saturated rings. The number of aromatic nitrogens is 1. The molecule has 106 valence electrons. The number of rotatable bonds is 2. The summed E-state index contributed by atoms with van der Waals surface area (Å²) in [4.78, 5) is 16.0. The molecular formula is C16H19NO3. The van der Waals surface area contributed by atoms with Crippen molar-refractivity contribution in [2.75, 3.05) is 0 Å². The fraction of sp³-hybridized carbons (Fsp3) is 0.500. The summed E-state index contributed by atoms with van der Waals surface area (Å²) in [5.74, 6) is -0.229. The highest BCUT2D eigenvalue weighted by Crippen LogP contribution is 2.43. The van der Waals surface area contributed by atoms with Crippen LogP contribution in [0.3, 0.4) is 0 Å². The first-order valence-electron chi connectivity index (χ1n) is 7.06. The molecule has 1 heterocycles. The number of aliphatic carboxylic acids is 1. The van der Waals surface area contributed by atoms with Gasteiger partial charge >= 0.3 is 5.97 Å². The lowest BCUT2D eigenvalue weighted by Crippen LogP contribution is -2.17. The molecule has 3 rings (SSSR count). The molecule has 0 amide bonds. The van der Waals surface area contributed by atoms with Gasteiger partial charge in [0.1, 0.15) is 5.52 Å². The zero-order valence-electron chi connectivity index (χ0n) is 12.0. The third-order valence-electron chi connectivity index (χ3n) is 4.27. The first-order chi connectivity index (χ1) is 9.45. The summed E-state index contributed by atoms with van der Waals surface area (Å²) in [6, 6.07) is 4.05. The number of carbonyl (C=O) groups is 1. The first kappa shape index (κ1) is 13.2. The summed E-state index contributed by atoms with van der Waals surface area (Å²) >= 11 is 0. The van der Waals surface area contributed by atoms with E-state index in [2.05, 4.69) is 18.0 Å². The standard InChI is InChI=1S/C16H19NO3/c1-8-4-10(3)14-13(7-8)17-15(20-14)11-5-9(2)6-12(11)16(18)19/h4,7,9,11-12H,5-6H2,1-3H3,(H,18,19). The van der Waals surface area contributed by atoms with Crippen LogP contribution in [0.5, 0.6) is 0 Å². The van der Waals surface area contributed by atoms with Crippen molar-refractivity contribution in [3.8, 4) is 0 Å². The predicted octanol–water partition coefficient (Wildman–Crippen LogP) is 3.66. The van der Waals surface area contributed by atoms with Crippen LogP contribution in [0.1, 0.15) is 42.7 Å². The van der Waals surface area contributed by atoms with E-state index in [0.29, 0.717) is 18.2 Å². The average molecular weight is 273 g/mol. The molecule has 1 saturated carbocycles. The number of hydrogen-bond acceptors (Lipinski definition) is 3. The van der Waals surface area contributed by atoms with Crippen LogP contribution in [0.4, 0.5) is 0 Å². The molecule has 3 unspecified atom stereocenters. The summed E-state index contributed by atoms with van der Waals surface area (Å²) in [6.45, 7) is 6.11. The van der Waals surface area contributed by atoms with Crippen molar-refractivity contribution in [3.63, 3.8) is 0 Å². The molecule has 0 bridgehead atoms. The summed E-state index contributed by atoms with van der Waals surface area (Å²) in [5.41, 5.74) is 3.82. The summed E-state index contributed by atoms with van der Waals surface area (Å²) < 4.78 is 5.89. The van der Waals surface area contributed by atoms with Crippen molar-refractivity contribution in [1.82, 2.24) is 4.98 Å². The minimum atomic E-state index is -0.741. The number of carboxylic acid groups (broad SMARTS) is 1. The van der Waals surface area contributed by atoms with E-state index in [1.807, 2.05) is 19.9 Å². The Kier molecular flexibility index (Phi) is 3.04. The maximum absolute atomic E-state index is 11.4. The van der Waals surface area contributed by atoms with Gasteiger partial charge in [0.15, 0.2) is 11.5 Å². The van der Waals surface area contributed by atoms with Gasteiger partial charge in [-0.05, 0) is 49.8 Å². The minimum absolute atomic E-state index is 0.102. The maximum atomic E-state index is 11.4. The Morgan fingerprint density at radius 3 is 2.80 bits per heavy atom. The maximum Gasteiger partial charge on any atom is 0.307 e. The molecule has 20 heavy (non-hydrogen) atoms. The van der Waals surface area contributed by atoms with Crippen LogP contribution < -0.4 is 0 Å². The second-order valence-corrected chi connectivity index (χ2v) is 6.11. The Balaban J connectivity index is 2.06. The van der Waals surface area contributed by atoms with Gasteiger partial charge in [0.25, 0.3) is 0 Å². The zero-order valence-corrected chi connectivity index (χ0v) is 12.0. The Bertz CT molecular complexity index is 674. The Morgan fingerprint density at radius 2 is 2.10 bits per heavy atom. The first-order valence-corrected chi connectivity index (χ1v) is 7.06. The van der Waals surface area contributed by atoms with Crippen molar-refractivity contribution in [3.05, 3.63) is 29.2 Å². The van der Waals surface area contributed by atoms with Crippen molar-refractivity contribution in [2.45, 2.75) is 39.5 Å². The Hall–Kier alpha value is -1.84. The molecule has 0 aliphatic heterocycles. The quantitative estimate of drug-likeness (QED) is 0.907. The molecule has 4 heteroatoms. The fourth-order valence-corrected chi connectivity index (χ4v) is 3.39. The summed E-state index contributed by atoms with van der Waals surface area (Å²) in [5, 5.41) is 9.37. The van der Waals surface area contributed by atoms with Crippen LogP contribution in [0, 0.1) is 25.7 Å². The van der Waals surface area contributed by atoms with E-state index in [-0.39, 0.29) is 11.8 Å². The van der Waals surface area contributed by atoms with E-state index in [9.17, 15) is 9.90 Å². The van der Waals surface area contributed by atoms with Gasteiger partial charge in [-0.25, -0.2) is 4.98 Å². The molecule has 1 N–H and O–H groups in total. The van der Waals surface area contributed by atoms with Gasteiger partial charge in [0, 0.05) is 5.92 Å². The molecule has 1 aromatic heterocycles. The van der Waals surface area contributed by atoms with Crippen molar-refractivity contribution < 1.29 is 14.3 Å². The topological polar surface area (TPSA) is 63.3 Å². The number of fused-ring (bicyclic) bond motifs is 1. The van der Waals surface area contributed by atoms with Crippen LogP contribution in [0.15, 0.2) is 16.5 Å². The van der Waals surface area contributed by atoms with Gasteiger partial charge in [-0.3, -0.25) is 4.79 Å². The third-order valence-corrected chi connectivity index (χ3v) is 4.27. The largest absolute Gasteiger partial charge is 0.481 e. The Labute approximate surface area is 117 Å². The lowest BCUT2D eigenvalue weighted by atomic mass is 9.96. The van der Waals surface area contributed by atoms with Crippen LogP contribution in [-0.2, 0) is 4.79 Å². The van der Waals surface area contributed by atoms with Crippen molar-refractivity contribution in [1.29, 1.82) is 0 Å². The van der Waals surface area contributed by atoms with Gasteiger partial charge in [0.05, 0.1) is 5.92 Å². The molecule has 1 aromatic carbocycles.